The van der Waals surface area contributed by atoms with Crippen LogP contribution in [0.2, 0.25) is 0 Å². The molecule has 5 rings (SSSR count). The number of nitrogens with one attached hydrogen (secondary N) is 1. The molecule has 0 spiro atoms. The highest BCUT2D eigenvalue weighted by Crippen LogP contribution is 2.33. The fraction of sp³-hybridized carbons (Fsp3) is 0.417. The minimum atomic E-state index is -0.117. The summed E-state index contributed by atoms with van der Waals surface area (Å²) in [6, 6.07) is 14.8. The fourth-order valence-corrected chi connectivity index (χ4v) is 4.75. The summed E-state index contributed by atoms with van der Waals surface area (Å²) < 4.78 is 5.59. The topological polar surface area (TPSA) is 58.4 Å². The summed E-state index contributed by atoms with van der Waals surface area (Å²) in [6.45, 7) is 3.40. The van der Waals surface area contributed by atoms with Crippen LogP contribution in [0, 0.1) is 5.92 Å². The number of benzene rings is 2. The van der Waals surface area contributed by atoms with E-state index in [1.807, 2.05) is 6.07 Å². The van der Waals surface area contributed by atoms with Gasteiger partial charge in [0.1, 0.15) is 6.29 Å². The highest BCUT2D eigenvalue weighted by Gasteiger charge is 2.24. The van der Waals surface area contributed by atoms with Gasteiger partial charge < -0.3 is 14.6 Å². The lowest BCUT2D eigenvalue weighted by Gasteiger charge is -2.31. The number of aldehydes is 1. The van der Waals surface area contributed by atoms with E-state index in [9.17, 15) is 4.79 Å². The molecule has 1 aromatic heterocycles. The molecule has 1 saturated heterocycles. The van der Waals surface area contributed by atoms with Gasteiger partial charge in [-0.1, -0.05) is 35.5 Å². The average Bonchev–Trinajstić information content (AvgIpc) is 3.35. The molecule has 1 unspecified atom stereocenters. The molecular weight excluding hydrogens is 362 g/mol. The van der Waals surface area contributed by atoms with Crippen LogP contribution in [-0.2, 0) is 24.2 Å². The Morgan fingerprint density at radius 1 is 1.17 bits per heavy atom. The highest BCUT2D eigenvalue weighted by molar-refractivity contribution is 5.87. The first-order valence-electron chi connectivity index (χ1n) is 10.7. The molecular formula is C24H27N3O2. The summed E-state index contributed by atoms with van der Waals surface area (Å²) in [5, 5.41) is 8.72. The van der Waals surface area contributed by atoms with Gasteiger partial charge in [0.2, 0.25) is 0 Å². The quantitative estimate of drug-likeness (QED) is 0.640. The number of anilines is 1. The Morgan fingerprint density at radius 3 is 2.79 bits per heavy atom. The monoisotopic (exact) mass is 389 g/mol. The first kappa shape index (κ1) is 18.4. The molecule has 1 fully saturated rings. The number of fused-ring (bicyclic) bond motifs is 2. The maximum atomic E-state index is 11.1. The second-order valence-electron chi connectivity index (χ2n) is 8.47. The Labute approximate surface area is 171 Å². The van der Waals surface area contributed by atoms with E-state index < -0.39 is 0 Å². The molecule has 2 aromatic carbocycles. The summed E-state index contributed by atoms with van der Waals surface area (Å²) in [6.07, 6.45) is 6.31. The third kappa shape index (κ3) is 3.92. The molecule has 0 amide bonds. The van der Waals surface area contributed by atoms with Crippen LogP contribution in [0.3, 0.4) is 0 Å². The maximum Gasteiger partial charge on any atom is 0.167 e. The number of aryl methyl sites for hydroxylation is 1. The number of hydrogen-bond acceptors (Lipinski definition) is 5. The molecule has 2 aliphatic rings. The Kier molecular flexibility index (Phi) is 5.06. The van der Waals surface area contributed by atoms with Crippen molar-refractivity contribution in [2.45, 2.75) is 44.7 Å². The molecule has 1 atom stereocenters. The third-order valence-corrected chi connectivity index (χ3v) is 6.46. The lowest BCUT2D eigenvalue weighted by Crippen LogP contribution is -2.33. The number of rotatable bonds is 6. The molecule has 5 nitrogen and oxygen atoms in total. The maximum absolute atomic E-state index is 11.1. The van der Waals surface area contributed by atoms with E-state index in [4.69, 9.17) is 4.52 Å². The molecule has 0 radical (unpaired) electrons. The number of hydrogen-bond donors (Lipinski definition) is 1. The molecule has 0 aliphatic carbocycles. The minimum Gasteiger partial charge on any atom is -0.375 e. The summed E-state index contributed by atoms with van der Waals surface area (Å²) in [5.41, 5.74) is 5.48. The molecule has 0 saturated carbocycles. The average molecular weight is 389 g/mol. The Hall–Kier alpha value is -2.66. The summed E-state index contributed by atoms with van der Waals surface area (Å²) >= 11 is 0. The lowest BCUT2D eigenvalue weighted by atomic mass is 9.91. The van der Waals surface area contributed by atoms with E-state index in [1.54, 1.807) is 0 Å². The van der Waals surface area contributed by atoms with Crippen molar-refractivity contribution in [3.05, 3.63) is 59.3 Å². The second kappa shape index (κ2) is 7.99. The van der Waals surface area contributed by atoms with Crippen LogP contribution in [0.15, 0.2) is 47.0 Å². The van der Waals surface area contributed by atoms with Gasteiger partial charge in [-0.3, -0.25) is 4.90 Å². The molecule has 150 valence electrons. The molecule has 1 N–H and O–H groups in total. The Balaban J connectivity index is 1.17. The van der Waals surface area contributed by atoms with Gasteiger partial charge in [0.25, 0.3) is 0 Å². The Morgan fingerprint density at radius 2 is 2.00 bits per heavy atom. The van der Waals surface area contributed by atoms with E-state index in [2.05, 4.69) is 51.8 Å². The Bertz CT molecular complexity index is 990. The van der Waals surface area contributed by atoms with Gasteiger partial charge in [-0.2, -0.15) is 0 Å². The van der Waals surface area contributed by atoms with Gasteiger partial charge in [-0.15, -0.1) is 0 Å². The van der Waals surface area contributed by atoms with Crippen molar-refractivity contribution < 1.29 is 9.32 Å². The molecule has 29 heavy (non-hydrogen) atoms. The van der Waals surface area contributed by atoms with Gasteiger partial charge in [0, 0.05) is 24.0 Å². The van der Waals surface area contributed by atoms with Crippen molar-refractivity contribution in [3.8, 4) is 0 Å². The number of carbonyl (C=O) groups is 1. The first-order valence-corrected chi connectivity index (χ1v) is 10.7. The van der Waals surface area contributed by atoms with Crippen LogP contribution in [0.1, 0.15) is 36.1 Å². The number of aromatic nitrogens is 1. The largest absolute Gasteiger partial charge is 0.375 e. The van der Waals surface area contributed by atoms with Gasteiger partial charge in [-0.05, 0) is 68.0 Å². The van der Waals surface area contributed by atoms with E-state index >= 15 is 0 Å². The number of carbonyl (C=O) groups excluding carboxylic acids is 1. The van der Waals surface area contributed by atoms with Crippen LogP contribution in [-0.4, -0.2) is 35.5 Å². The number of nitrogens with zero attached hydrogens (tertiary/aromatic N) is 2. The van der Waals surface area contributed by atoms with Crippen molar-refractivity contribution >= 4 is 22.9 Å². The second-order valence-corrected chi connectivity index (χ2v) is 8.47. The van der Waals surface area contributed by atoms with Crippen molar-refractivity contribution in [1.82, 2.24) is 10.1 Å². The van der Waals surface area contributed by atoms with Gasteiger partial charge in [0.15, 0.2) is 5.58 Å². The van der Waals surface area contributed by atoms with E-state index in [0.717, 1.165) is 65.9 Å². The first-order chi connectivity index (χ1) is 14.3. The zero-order valence-corrected chi connectivity index (χ0v) is 16.6. The van der Waals surface area contributed by atoms with Crippen molar-refractivity contribution in [2.24, 2.45) is 5.92 Å². The van der Waals surface area contributed by atoms with Crippen molar-refractivity contribution in [1.29, 1.82) is 0 Å². The molecule has 3 aromatic rings. The van der Waals surface area contributed by atoms with Gasteiger partial charge >= 0.3 is 0 Å². The zero-order chi connectivity index (χ0) is 19.6. The minimum absolute atomic E-state index is 0.117. The summed E-state index contributed by atoms with van der Waals surface area (Å²) in [7, 11) is 0. The normalized spacial score (nSPS) is 19.9. The number of piperidine rings is 1. The highest BCUT2D eigenvalue weighted by atomic mass is 16.5. The van der Waals surface area contributed by atoms with Crippen molar-refractivity contribution in [3.63, 3.8) is 0 Å². The van der Waals surface area contributed by atoms with Crippen LogP contribution in [0.25, 0.3) is 11.0 Å². The van der Waals surface area contributed by atoms with Crippen LogP contribution in [0.5, 0.6) is 0 Å². The van der Waals surface area contributed by atoms with E-state index in [1.165, 1.54) is 31.5 Å². The number of likely N-dealkylation sites (tertiary alicyclic amines) is 1. The lowest BCUT2D eigenvalue weighted by molar-refractivity contribution is -0.108. The molecule has 0 bridgehead atoms. The van der Waals surface area contributed by atoms with Gasteiger partial charge in [-0.25, -0.2) is 0 Å². The standard InChI is InChI=1S/C24H27N3O2/c28-16-20-12-19-13-24-21(14-23(19)25-20)22(26-29-24)7-6-17-8-10-27(11-9-17)15-18-4-2-1-3-5-18/h1-5,13-14,16-17,20,25H,6-12,15H2. The predicted octanol–water partition coefficient (Wildman–Crippen LogP) is 4.21. The molecule has 5 heteroatoms. The fourth-order valence-electron chi connectivity index (χ4n) is 4.75. The third-order valence-electron chi connectivity index (χ3n) is 6.46. The van der Waals surface area contributed by atoms with Crippen LogP contribution >= 0.6 is 0 Å². The van der Waals surface area contributed by atoms with E-state index in [0.29, 0.717) is 0 Å². The SMILES string of the molecule is O=CC1Cc2cc3onc(CCC4CCN(Cc5ccccc5)CC4)c3cc2N1. The molecule has 3 heterocycles. The summed E-state index contributed by atoms with van der Waals surface area (Å²) in [4.78, 5) is 13.6. The molecule has 2 aliphatic heterocycles. The predicted molar refractivity (Wildman–Crippen MR) is 114 cm³/mol. The van der Waals surface area contributed by atoms with Crippen LogP contribution in [0.4, 0.5) is 5.69 Å². The zero-order valence-electron chi connectivity index (χ0n) is 16.6. The van der Waals surface area contributed by atoms with Crippen molar-refractivity contribution in [2.75, 3.05) is 18.4 Å². The van der Waals surface area contributed by atoms with Crippen LogP contribution < -0.4 is 5.32 Å². The smallest absolute Gasteiger partial charge is 0.167 e. The summed E-state index contributed by atoms with van der Waals surface area (Å²) in [5.74, 6) is 0.751. The van der Waals surface area contributed by atoms with Gasteiger partial charge in [0.05, 0.1) is 11.7 Å². The van der Waals surface area contributed by atoms with E-state index in [-0.39, 0.29) is 6.04 Å².